The van der Waals surface area contributed by atoms with Gasteiger partial charge < -0.3 is 25.0 Å². The van der Waals surface area contributed by atoms with Crippen LogP contribution >= 0.6 is 0 Å². The quantitative estimate of drug-likeness (QED) is 0.574. The number of aromatic nitrogens is 1. The Labute approximate surface area is 176 Å². The first-order valence-electron chi connectivity index (χ1n) is 9.70. The van der Waals surface area contributed by atoms with Crippen molar-refractivity contribution in [1.82, 2.24) is 9.88 Å². The minimum absolute atomic E-state index is 0.0272. The third-order valence-corrected chi connectivity index (χ3v) is 5.40. The first-order chi connectivity index (χ1) is 14.8. The molecule has 0 amide bonds. The molecule has 2 aromatic carbocycles. The molecule has 1 aliphatic rings. The Hall–Kier alpha value is -3.72. The summed E-state index contributed by atoms with van der Waals surface area (Å²) in [6, 6.07) is 12.1. The van der Waals surface area contributed by atoms with Gasteiger partial charge in [-0.3, -0.25) is 9.59 Å². The number of anilines is 1. The van der Waals surface area contributed by atoms with E-state index < -0.39 is 35.3 Å². The van der Waals surface area contributed by atoms with Crippen LogP contribution in [0.15, 0.2) is 53.5 Å². The Morgan fingerprint density at radius 2 is 1.90 bits per heavy atom. The van der Waals surface area contributed by atoms with Crippen molar-refractivity contribution >= 4 is 28.5 Å². The summed E-state index contributed by atoms with van der Waals surface area (Å²) in [6.07, 6.45) is 0.993. The Morgan fingerprint density at radius 1 is 1.16 bits per heavy atom. The summed E-state index contributed by atoms with van der Waals surface area (Å²) < 4.78 is 16.2. The predicted octanol–water partition coefficient (Wildman–Crippen LogP) is 2.07. The number of hydrogen-bond donors (Lipinski definition) is 3. The number of nitrogens with one attached hydrogen (secondary N) is 1. The van der Waals surface area contributed by atoms with Crippen molar-refractivity contribution in [2.75, 3.05) is 24.5 Å². The second-order valence-electron chi connectivity index (χ2n) is 7.38. The van der Waals surface area contributed by atoms with E-state index in [0.29, 0.717) is 19.6 Å². The number of carboxylic acids is 2. The third-order valence-electron chi connectivity index (χ3n) is 5.40. The standard InChI is InChI=1S/C22H20FN3O5/c23-16-8-14-18(26(12-20(27)28)10-15(21(14)29)22(30)31)9-19(16)25-7-6-24-17(11-25)13-4-2-1-3-5-13/h1-5,8-10,17,24H,6-7,11-12H2,(H,27,28)(H,30,31). The van der Waals surface area contributed by atoms with Crippen molar-refractivity contribution < 1.29 is 24.2 Å². The number of aliphatic carboxylic acids is 1. The van der Waals surface area contributed by atoms with Crippen LogP contribution < -0.4 is 15.6 Å². The minimum atomic E-state index is -1.50. The van der Waals surface area contributed by atoms with Crippen LogP contribution in [0.5, 0.6) is 0 Å². The van der Waals surface area contributed by atoms with E-state index in [1.807, 2.05) is 35.2 Å². The lowest BCUT2D eigenvalue weighted by Gasteiger charge is -2.36. The van der Waals surface area contributed by atoms with Crippen LogP contribution in [0.1, 0.15) is 22.0 Å². The Balaban J connectivity index is 1.81. The summed E-state index contributed by atoms with van der Waals surface area (Å²) in [7, 11) is 0. The zero-order chi connectivity index (χ0) is 22.1. The van der Waals surface area contributed by atoms with E-state index in [0.717, 1.165) is 22.4 Å². The molecule has 1 aliphatic heterocycles. The molecule has 0 bridgehead atoms. The first-order valence-corrected chi connectivity index (χ1v) is 9.70. The Bertz CT molecular complexity index is 1230. The molecule has 9 heteroatoms. The van der Waals surface area contributed by atoms with Gasteiger partial charge >= 0.3 is 11.9 Å². The molecular weight excluding hydrogens is 405 g/mol. The number of aromatic carboxylic acids is 1. The summed E-state index contributed by atoms with van der Waals surface area (Å²) in [5.41, 5.74) is 0.00620. The van der Waals surface area contributed by atoms with Crippen molar-refractivity contribution in [3.8, 4) is 0 Å². The molecule has 3 aromatic rings. The summed E-state index contributed by atoms with van der Waals surface area (Å²) in [5, 5.41) is 21.7. The minimum Gasteiger partial charge on any atom is -0.480 e. The molecule has 4 rings (SSSR count). The highest BCUT2D eigenvalue weighted by Crippen LogP contribution is 2.28. The van der Waals surface area contributed by atoms with Crippen molar-refractivity contribution in [2.45, 2.75) is 12.6 Å². The highest BCUT2D eigenvalue weighted by molar-refractivity contribution is 5.94. The zero-order valence-electron chi connectivity index (χ0n) is 16.4. The first kappa shape index (κ1) is 20.5. The van der Waals surface area contributed by atoms with Crippen molar-refractivity contribution in [1.29, 1.82) is 0 Å². The van der Waals surface area contributed by atoms with Gasteiger partial charge in [-0.05, 0) is 17.7 Å². The molecule has 31 heavy (non-hydrogen) atoms. The lowest BCUT2D eigenvalue weighted by atomic mass is 10.0. The van der Waals surface area contributed by atoms with E-state index in [1.54, 1.807) is 0 Å². The van der Waals surface area contributed by atoms with Gasteiger partial charge in [0.05, 0.1) is 11.2 Å². The number of piperazine rings is 1. The van der Waals surface area contributed by atoms with Crippen molar-refractivity contribution in [3.05, 3.63) is 75.8 Å². The molecule has 1 aromatic heterocycles. The fraction of sp³-hybridized carbons (Fsp3) is 0.227. The maximum Gasteiger partial charge on any atom is 0.341 e. The van der Waals surface area contributed by atoms with Crippen LogP contribution in [0.3, 0.4) is 0 Å². The molecule has 0 radical (unpaired) electrons. The number of hydrogen-bond acceptors (Lipinski definition) is 5. The van der Waals surface area contributed by atoms with Crippen LogP contribution in [-0.2, 0) is 11.3 Å². The van der Waals surface area contributed by atoms with Crippen LogP contribution in [0.4, 0.5) is 10.1 Å². The second-order valence-corrected chi connectivity index (χ2v) is 7.38. The lowest BCUT2D eigenvalue weighted by Crippen LogP contribution is -2.46. The SMILES string of the molecule is O=C(O)Cn1cc(C(=O)O)c(=O)c2cc(F)c(N3CCNC(c4ccccc4)C3)cc21. The van der Waals surface area contributed by atoms with Crippen LogP contribution in [0, 0.1) is 5.82 Å². The number of fused-ring (bicyclic) bond motifs is 1. The van der Waals surface area contributed by atoms with Gasteiger partial charge in [0.15, 0.2) is 0 Å². The molecule has 1 fully saturated rings. The molecule has 3 N–H and O–H groups in total. The molecule has 1 saturated heterocycles. The zero-order valence-corrected chi connectivity index (χ0v) is 16.4. The highest BCUT2D eigenvalue weighted by Gasteiger charge is 2.25. The molecule has 2 heterocycles. The monoisotopic (exact) mass is 425 g/mol. The molecule has 160 valence electrons. The van der Waals surface area contributed by atoms with E-state index in [-0.39, 0.29) is 22.6 Å². The fourth-order valence-electron chi connectivity index (χ4n) is 3.95. The number of nitrogens with zero attached hydrogens (tertiary/aromatic N) is 2. The smallest absolute Gasteiger partial charge is 0.341 e. The molecule has 0 spiro atoms. The number of carbonyl (C=O) groups is 2. The molecular formula is C22H20FN3O5. The predicted molar refractivity (Wildman–Crippen MR) is 112 cm³/mol. The maximum absolute atomic E-state index is 15.1. The van der Waals surface area contributed by atoms with Gasteiger partial charge in [-0.15, -0.1) is 0 Å². The van der Waals surface area contributed by atoms with E-state index in [9.17, 15) is 24.6 Å². The van der Waals surface area contributed by atoms with Crippen LogP contribution in [0.2, 0.25) is 0 Å². The maximum atomic E-state index is 15.1. The third kappa shape index (κ3) is 3.99. The summed E-state index contributed by atoms with van der Waals surface area (Å²) >= 11 is 0. The van der Waals surface area contributed by atoms with Crippen molar-refractivity contribution in [3.63, 3.8) is 0 Å². The molecule has 1 atom stereocenters. The molecule has 1 unspecified atom stereocenters. The second kappa shape index (κ2) is 8.19. The van der Waals surface area contributed by atoms with E-state index in [4.69, 9.17) is 0 Å². The normalized spacial score (nSPS) is 16.4. The number of rotatable bonds is 5. The average molecular weight is 425 g/mol. The van der Waals surface area contributed by atoms with Crippen LogP contribution in [0.25, 0.3) is 10.9 Å². The van der Waals surface area contributed by atoms with E-state index in [1.165, 1.54) is 6.07 Å². The Morgan fingerprint density at radius 3 is 2.58 bits per heavy atom. The highest BCUT2D eigenvalue weighted by atomic mass is 19.1. The summed E-state index contributed by atoms with van der Waals surface area (Å²) in [5.74, 6) is -3.37. The van der Waals surface area contributed by atoms with Crippen LogP contribution in [-0.4, -0.2) is 46.4 Å². The molecule has 0 aliphatic carbocycles. The average Bonchev–Trinajstić information content (AvgIpc) is 2.75. The summed E-state index contributed by atoms with van der Waals surface area (Å²) in [4.78, 5) is 37.1. The Kier molecular flexibility index (Phi) is 5.43. The van der Waals surface area contributed by atoms with Crippen molar-refractivity contribution in [2.24, 2.45) is 0 Å². The van der Waals surface area contributed by atoms with Gasteiger partial charge in [0.25, 0.3) is 0 Å². The van der Waals surface area contributed by atoms with Gasteiger partial charge in [0.2, 0.25) is 5.43 Å². The molecule has 8 nitrogen and oxygen atoms in total. The molecule has 0 saturated carbocycles. The van der Waals surface area contributed by atoms with Gasteiger partial charge in [0, 0.05) is 37.3 Å². The largest absolute Gasteiger partial charge is 0.480 e. The van der Waals surface area contributed by atoms with E-state index in [2.05, 4.69) is 5.32 Å². The van der Waals surface area contributed by atoms with Gasteiger partial charge in [-0.2, -0.15) is 0 Å². The number of carboxylic acid groups (broad SMARTS) is 2. The van der Waals surface area contributed by atoms with E-state index >= 15 is 4.39 Å². The number of pyridine rings is 1. The fourth-order valence-corrected chi connectivity index (χ4v) is 3.95. The number of halogens is 1. The lowest BCUT2D eigenvalue weighted by molar-refractivity contribution is -0.137. The van der Waals surface area contributed by atoms with Gasteiger partial charge in [-0.1, -0.05) is 30.3 Å². The van der Waals surface area contributed by atoms with Gasteiger partial charge in [-0.25, -0.2) is 9.18 Å². The van der Waals surface area contributed by atoms with Gasteiger partial charge in [0.1, 0.15) is 17.9 Å². The topological polar surface area (TPSA) is 112 Å². The summed E-state index contributed by atoms with van der Waals surface area (Å²) in [6.45, 7) is 1.04. The number of benzene rings is 2.